The molecular formula is C8H10ClN3S2. The Morgan fingerprint density at radius 3 is 2.57 bits per heavy atom. The van der Waals surface area contributed by atoms with Gasteiger partial charge in [-0.3, -0.25) is 0 Å². The van der Waals surface area contributed by atoms with Gasteiger partial charge in [0, 0.05) is 30.7 Å². The molecule has 0 unspecified atom stereocenters. The van der Waals surface area contributed by atoms with E-state index in [1.54, 1.807) is 0 Å². The highest BCUT2D eigenvalue weighted by Crippen LogP contribution is 2.26. The van der Waals surface area contributed by atoms with Crippen LogP contribution in [0.3, 0.4) is 0 Å². The zero-order valence-corrected chi connectivity index (χ0v) is 9.91. The molecule has 14 heavy (non-hydrogen) atoms. The zero-order valence-electron chi connectivity index (χ0n) is 7.52. The molecule has 0 saturated carbocycles. The van der Waals surface area contributed by atoms with E-state index in [0.29, 0.717) is 5.15 Å². The standard InChI is InChI=1S/C8H10ClN3S2/c9-7-5-8(11-6-10-7)12-1-3-13-14-4-2-12/h5-6H,1-4H2. The summed E-state index contributed by atoms with van der Waals surface area (Å²) >= 11 is 5.82. The molecule has 6 heteroatoms. The van der Waals surface area contributed by atoms with Crippen LogP contribution in [0.15, 0.2) is 12.4 Å². The molecule has 1 aliphatic heterocycles. The van der Waals surface area contributed by atoms with E-state index >= 15 is 0 Å². The summed E-state index contributed by atoms with van der Waals surface area (Å²) in [6.45, 7) is 2.07. The largest absolute Gasteiger partial charge is 0.355 e. The summed E-state index contributed by atoms with van der Waals surface area (Å²) < 4.78 is 0. The van der Waals surface area contributed by atoms with E-state index in [1.165, 1.54) is 6.33 Å². The second kappa shape index (κ2) is 5.09. The fraction of sp³-hybridized carbons (Fsp3) is 0.500. The number of aromatic nitrogens is 2. The fourth-order valence-electron chi connectivity index (χ4n) is 1.25. The van der Waals surface area contributed by atoms with Crippen molar-refractivity contribution in [1.82, 2.24) is 9.97 Å². The van der Waals surface area contributed by atoms with Crippen molar-refractivity contribution in [1.29, 1.82) is 0 Å². The van der Waals surface area contributed by atoms with Crippen LogP contribution in [0.2, 0.25) is 5.15 Å². The van der Waals surface area contributed by atoms with Crippen LogP contribution in [-0.4, -0.2) is 34.6 Å². The van der Waals surface area contributed by atoms with Gasteiger partial charge in [0.05, 0.1) is 0 Å². The molecule has 0 spiro atoms. The van der Waals surface area contributed by atoms with Gasteiger partial charge in [0.25, 0.3) is 0 Å². The quantitative estimate of drug-likeness (QED) is 0.561. The van der Waals surface area contributed by atoms with Crippen LogP contribution in [0.1, 0.15) is 0 Å². The molecule has 0 radical (unpaired) electrons. The molecule has 1 aromatic heterocycles. The van der Waals surface area contributed by atoms with E-state index in [-0.39, 0.29) is 0 Å². The minimum absolute atomic E-state index is 0.513. The molecule has 3 nitrogen and oxygen atoms in total. The topological polar surface area (TPSA) is 29.0 Å². The highest BCUT2D eigenvalue weighted by molar-refractivity contribution is 8.76. The van der Waals surface area contributed by atoms with Gasteiger partial charge >= 0.3 is 0 Å². The summed E-state index contributed by atoms with van der Waals surface area (Å²) in [4.78, 5) is 10.3. The molecule has 1 fully saturated rings. The summed E-state index contributed by atoms with van der Waals surface area (Å²) in [5.74, 6) is 3.20. The maximum Gasteiger partial charge on any atom is 0.134 e. The van der Waals surface area contributed by atoms with Gasteiger partial charge in [0.1, 0.15) is 17.3 Å². The van der Waals surface area contributed by atoms with Crippen molar-refractivity contribution >= 4 is 39.0 Å². The molecule has 76 valence electrons. The Balaban J connectivity index is 2.12. The first-order valence-corrected chi connectivity index (χ1v) is 7.20. The van der Waals surface area contributed by atoms with Crippen LogP contribution >= 0.6 is 33.2 Å². The number of nitrogens with zero attached hydrogens (tertiary/aromatic N) is 3. The Morgan fingerprint density at radius 2 is 1.93 bits per heavy atom. The molecule has 2 heterocycles. The molecule has 0 amide bonds. The van der Waals surface area contributed by atoms with Gasteiger partial charge in [-0.25, -0.2) is 9.97 Å². The van der Waals surface area contributed by atoms with Gasteiger partial charge in [-0.1, -0.05) is 33.2 Å². The predicted octanol–water partition coefficient (Wildman–Crippen LogP) is 2.33. The first-order valence-electron chi connectivity index (χ1n) is 4.33. The van der Waals surface area contributed by atoms with Crippen LogP contribution < -0.4 is 4.90 Å². The Kier molecular flexibility index (Phi) is 3.78. The second-order valence-corrected chi connectivity index (χ2v) is 5.92. The Bertz CT molecular complexity index is 302. The minimum Gasteiger partial charge on any atom is -0.355 e. The zero-order chi connectivity index (χ0) is 9.80. The maximum absolute atomic E-state index is 5.82. The van der Waals surface area contributed by atoms with Crippen LogP contribution in [0, 0.1) is 0 Å². The average molecular weight is 248 g/mol. The Morgan fingerprint density at radius 1 is 1.21 bits per heavy atom. The van der Waals surface area contributed by atoms with Gasteiger partial charge in [0.2, 0.25) is 0 Å². The number of hydrogen-bond acceptors (Lipinski definition) is 5. The lowest BCUT2D eigenvalue weighted by atomic mass is 10.4. The van der Waals surface area contributed by atoms with E-state index < -0.39 is 0 Å². The predicted molar refractivity (Wildman–Crippen MR) is 64.2 cm³/mol. The molecule has 1 aromatic rings. The fourth-order valence-corrected chi connectivity index (χ4v) is 3.37. The van der Waals surface area contributed by atoms with Crippen molar-refractivity contribution < 1.29 is 0 Å². The molecule has 0 atom stereocenters. The van der Waals surface area contributed by atoms with E-state index in [2.05, 4.69) is 14.9 Å². The number of anilines is 1. The lowest BCUT2D eigenvalue weighted by Gasteiger charge is -2.20. The maximum atomic E-state index is 5.82. The van der Waals surface area contributed by atoms with E-state index in [1.807, 2.05) is 27.7 Å². The lowest BCUT2D eigenvalue weighted by molar-refractivity contribution is 0.857. The summed E-state index contributed by atoms with van der Waals surface area (Å²) in [5, 5.41) is 0.513. The van der Waals surface area contributed by atoms with Crippen LogP contribution in [0.4, 0.5) is 5.82 Å². The third-order valence-corrected chi connectivity index (χ3v) is 4.49. The molecule has 0 aromatic carbocycles. The Labute approximate surface area is 96.0 Å². The molecular weight excluding hydrogens is 238 g/mol. The van der Waals surface area contributed by atoms with Gasteiger partial charge in [-0.15, -0.1) is 0 Å². The average Bonchev–Trinajstić information content (AvgIpc) is 2.45. The minimum atomic E-state index is 0.513. The first kappa shape index (κ1) is 10.4. The molecule has 1 saturated heterocycles. The van der Waals surface area contributed by atoms with Crippen molar-refractivity contribution in [3.8, 4) is 0 Å². The molecule has 0 bridgehead atoms. The highest BCUT2D eigenvalue weighted by Gasteiger charge is 2.11. The third kappa shape index (κ3) is 2.68. The number of hydrogen-bond donors (Lipinski definition) is 0. The van der Waals surface area contributed by atoms with Gasteiger partial charge in [-0.05, 0) is 0 Å². The molecule has 1 aliphatic rings. The molecule has 0 N–H and O–H groups in total. The highest BCUT2D eigenvalue weighted by atomic mass is 35.5. The summed E-state index contributed by atoms with van der Waals surface area (Å²) in [6.07, 6.45) is 1.52. The smallest absolute Gasteiger partial charge is 0.134 e. The second-order valence-electron chi connectivity index (χ2n) is 2.83. The summed E-state index contributed by atoms with van der Waals surface area (Å²) in [6, 6.07) is 1.82. The van der Waals surface area contributed by atoms with Crippen molar-refractivity contribution in [3.05, 3.63) is 17.5 Å². The van der Waals surface area contributed by atoms with Gasteiger partial charge in [0.15, 0.2) is 0 Å². The van der Waals surface area contributed by atoms with E-state index in [9.17, 15) is 0 Å². The molecule has 2 rings (SSSR count). The van der Waals surface area contributed by atoms with Crippen LogP contribution in [0.5, 0.6) is 0 Å². The SMILES string of the molecule is Clc1cc(N2CCSSCC2)ncn1. The Hall–Kier alpha value is -0.130. The number of rotatable bonds is 1. The van der Waals surface area contributed by atoms with Crippen LogP contribution in [-0.2, 0) is 0 Å². The number of halogens is 1. The normalized spacial score (nSPS) is 17.9. The summed E-state index contributed by atoms with van der Waals surface area (Å²) in [7, 11) is 3.83. The van der Waals surface area contributed by atoms with E-state index in [0.717, 1.165) is 30.4 Å². The third-order valence-electron chi connectivity index (χ3n) is 1.92. The monoisotopic (exact) mass is 247 g/mol. The first-order chi connectivity index (χ1) is 6.86. The van der Waals surface area contributed by atoms with E-state index in [4.69, 9.17) is 11.6 Å². The van der Waals surface area contributed by atoms with Crippen molar-refractivity contribution in [2.24, 2.45) is 0 Å². The van der Waals surface area contributed by atoms with Crippen molar-refractivity contribution in [3.63, 3.8) is 0 Å². The summed E-state index contributed by atoms with van der Waals surface area (Å²) in [5.41, 5.74) is 0. The van der Waals surface area contributed by atoms with Gasteiger partial charge < -0.3 is 4.90 Å². The van der Waals surface area contributed by atoms with Crippen molar-refractivity contribution in [2.45, 2.75) is 0 Å². The lowest BCUT2D eigenvalue weighted by Crippen LogP contribution is -2.27. The van der Waals surface area contributed by atoms with Gasteiger partial charge in [-0.2, -0.15) is 0 Å². The molecule has 0 aliphatic carbocycles. The van der Waals surface area contributed by atoms with Crippen LogP contribution in [0.25, 0.3) is 0 Å². The van der Waals surface area contributed by atoms with Crippen molar-refractivity contribution in [2.75, 3.05) is 29.5 Å².